The van der Waals surface area contributed by atoms with Gasteiger partial charge in [0.2, 0.25) is 0 Å². The van der Waals surface area contributed by atoms with Gasteiger partial charge in [-0.05, 0) is 26.2 Å². The van der Waals surface area contributed by atoms with Crippen LogP contribution in [-0.4, -0.2) is 40.5 Å². The van der Waals surface area contributed by atoms with E-state index in [2.05, 4.69) is 60.8 Å². The van der Waals surface area contributed by atoms with Gasteiger partial charge < -0.3 is 0 Å². The summed E-state index contributed by atoms with van der Waals surface area (Å²) in [7, 11) is -1.59. The molecule has 0 bridgehead atoms. The van der Waals surface area contributed by atoms with Crippen LogP contribution in [0.1, 0.15) is 34.6 Å². The number of hydrogen-bond donors (Lipinski definition) is 1. The molecule has 0 aromatic carbocycles. The van der Waals surface area contributed by atoms with Crippen molar-refractivity contribution in [2.24, 2.45) is 0 Å². The summed E-state index contributed by atoms with van der Waals surface area (Å²) in [4.78, 5) is 4.01. The predicted octanol–water partition coefficient (Wildman–Crippen LogP) is 4.91. The van der Waals surface area contributed by atoms with Crippen molar-refractivity contribution in [1.29, 1.82) is 0 Å². The summed E-state index contributed by atoms with van der Waals surface area (Å²) in [5.41, 5.74) is 0. The van der Waals surface area contributed by atoms with Crippen LogP contribution in [0.5, 0.6) is 0 Å². The standard InChI is InChI=1S/C12H29N3P3/c1-7-14-16(9-3)13-18(11-5,12-6)15(8-2)17(14)10-4/h11,13H,5,7-10,12H2,1-4,6H3/q+1. The van der Waals surface area contributed by atoms with Crippen molar-refractivity contribution >= 4 is 24.0 Å². The smallest absolute Gasteiger partial charge is 0.184 e. The molecule has 1 aliphatic heterocycles. The molecule has 1 N–H and O–H groups in total. The highest BCUT2D eigenvalue weighted by Crippen LogP contribution is 2.79. The largest absolute Gasteiger partial charge is 0.230 e. The van der Waals surface area contributed by atoms with Crippen molar-refractivity contribution in [3.8, 4) is 0 Å². The molecular formula is C12H29N3P3+. The highest BCUT2D eigenvalue weighted by Gasteiger charge is 2.52. The third-order valence-corrected chi connectivity index (χ3v) is 14.9. The lowest BCUT2D eigenvalue weighted by atomic mass is 10.8. The van der Waals surface area contributed by atoms with Crippen LogP contribution in [0, 0.1) is 0 Å². The SMILES string of the molecule is C=C[P+]1(CC)NP(CC)N(CC)P(CC)N1CC. The van der Waals surface area contributed by atoms with Crippen molar-refractivity contribution in [2.45, 2.75) is 34.6 Å². The minimum absolute atomic E-state index is 0.130. The maximum atomic E-state index is 4.16. The van der Waals surface area contributed by atoms with Gasteiger partial charge in [-0.3, -0.25) is 0 Å². The molecule has 1 saturated heterocycles. The Morgan fingerprint density at radius 2 is 1.78 bits per heavy atom. The zero-order chi connectivity index (χ0) is 13.8. The van der Waals surface area contributed by atoms with Gasteiger partial charge in [0.25, 0.3) is 0 Å². The van der Waals surface area contributed by atoms with E-state index >= 15 is 0 Å². The van der Waals surface area contributed by atoms with E-state index in [4.69, 9.17) is 0 Å². The molecule has 1 heterocycles. The average molecular weight is 308 g/mol. The maximum Gasteiger partial charge on any atom is 0.184 e. The van der Waals surface area contributed by atoms with E-state index < -0.39 is 7.56 Å². The topological polar surface area (TPSA) is 18.5 Å². The van der Waals surface area contributed by atoms with Crippen molar-refractivity contribution in [3.63, 3.8) is 0 Å². The van der Waals surface area contributed by atoms with Crippen LogP contribution in [0.4, 0.5) is 0 Å². The molecule has 3 nitrogen and oxygen atoms in total. The van der Waals surface area contributed by atoms with E-state index in [9.17, 15) is 0 Å². The summed E-state index contributed by atoms with van der Waals surface area (Å²) in [6, 6.07) is 0. The molecule has 1 rings (SSSR count). The Morgan fingerprint density at radius 1 is 1.11 bits per heavy atom. The quantitative estimate of drug-likeness (QED) is 0.703. The van der Waals surface area contributed by atoms with Crippen LogP contribution >= 0.6 is 24.0 Å². The van der Waals surface area contributed by atoms with E-state index in [1.54, 1.807) is 0 Å². The second-order valence-electron chi connectivity index (χ2n) is 4.21. The third-order valence-electron chi connectivity index (χ3n) is 3.44. The van der Waals surface area contributed by atoms with Crippen LogP contribution < -0.4 is 4.86 Å². The van der Waals surface area contributed by atoms with Gasteiger partial charge in [-0.15, -0.1) is 9.30 Å². The van der Waals surface area contributed by atoms with E-state index in [-0.39, 0.29) is 16.4 Å². The molecule has 3 atom stereocenters. The summed E-state index contributed by atoms with van der Waals surface area (Å²) in [5.74, 6) is 2.25. The highest BCUT2D eigenvalue weighted by molar-refractivity contribution is 7.92. The van der Waals surface area contributed by atoms with Gasteiger partial charge in [0, 0.05) is 13.1 Å². The Kier molecular flexibility index (Phi) is 7.19. The van der Waals surface area contributed by atoms with Gasteiger partial charge >= 0.3 is 0 Å². The fourth-order valence-corrected chi connectivity index (χ4v) is 15.6. The monoisotopic (exact) mass is 308 g/mol. The number of hydrogen-bond acceptors (Lipinski definition) is 3. The molecule has 0 aliphatic carbocycles. The minimum atomic E-state index is -1.29. The second-order valence-corrected chi connectivity index (χ2v) is 13.0. The van der Waals surface area contributed by atoms with Crippen molar-refractivity contribution < 1.29 is 0 Å². The lowest BCUT2D eigenvalue weighted by Crippen LogP contribution is -2.39. The number of nitrogens with one attached hydrogen (secondary N) is 1. The lowest BCUT2D eigenvalue weighted by Gasteiger charge is -2.50. The Balaban J connectivity index is 3.13. The van der Waals surface area contributed by atoms with Crippen molar-refractivity contribution in [1.82, 2.24) is 13.7 Å². The van der Waals surface area contributed by atoms with Gasteiger partial charge in [-0.2, -0.15) is 0 Å². The van der Waals surface area contributed by atoms with Crippen molar-refractivity contribution in [2.75, 3.05) is 31.6 Å². The first-order chi connectivity index (χ1) is 8.63. The summed E-state index contributed by atoms with van der Waals surface area (Å²) >= 11 is 0. The first-order valence-electron chi connectivity index (χ1n) is 7.03. The molecule has 0 aromatic rings. The average Bonchev–Trinajstić information content (AvgIpc) is 2.44. The minimum Gasteiger partial charge on any atom is -0.230 e. The van der Waals surface area contributed by atoms with E-state index in [0.717, 1.165) is 6.54 Å². The van der Waals surface area contributed by atoms with Gasteiger partial charge in [-0.25, -0.2) is 4.44 Å². The molecule has 0 radical (unpaired) electrons. The lowest BCUT2D eigenvalue weighted by molar-refractivity contribution is 0.624. The third kappa shape index (κ3) is 2.98. The maximum absolute atomic E-state index is 4.16. The Hall–Kier alpha value is 0.910. The van der Waals surface area contributed by atoms with Gasteiger partial charge in [0.05, 0.1) is 28.4 Å². The van der Waals surface area contributed by atoms with Crippen molar-refractivity contribution in [3.05, 3.63) is 12.4 Å². The van der Waals surface area contributed by atoms with Crippen LogP contribution in [0.2, 0.25) is 0 Å². The van der Waals surface area contributed by atoms with Gasteiger partial charge in [0.1, 0.15) is 0 Å². The summed E-state index contributed by atoms with van der Waals surface area (Å²) in [6.07, 6.45) is 3.72. The molecule has 18 heavy (non-hydrogen) atoms. The fraction of sp³-hybridized carbons (Fsp3) is 0.833. The molecule has 1 fully saturated rings. The second kappa shape index (κ2) is 7.63. The Labute approximate surface area is 117 Å². The molecule has 106 valence electrons. The molecule has 0 amide bonds. The Bertz CT molecular complexity index is 277. The summed E-state index contributed by atoms with van der Waals surface area (Å²) in [5, 5.41) is 0. The predicted molar refractivity (Wildman–Crippen MR) is 90.5 cm³/mol. The molecule has 0 aromatic heterocycles. The van der Waals surface area contributed by atoms with Gasteiger partial charge in [-0.1, -0.05) is 27.4 Å². The van der Waals surface area contributed by atoms with E-state index in [1.807, 2.05) is 0 Å². The Morgan fingerprint density at radius 3 is 2.11 bits per heavy atom. The van der Waals surface area contributed by atoms with Crippen LogP contribution in [0.3, 0.4) is 0 Å². The summed E-state index contributed by atoms with van der Waals surface area (Å²) < 4.78 is 5.50. The normalized spacial score (nSPS) is 34.7. The molecule has 1 aliphatic rings. The molecule has 0 saturated carbocycles. The highest BCUT2D eigenvalue weighted by atomic mass is 31.3. The van der Waals surface area contributed by atoms with Crippen LogP contribution in [0.25, 0.3) is 0 Å². The van der Waals surface area contributed by atoms with Gasteiger partial charge in [0.15, 0.2) is 7.56 Å². The van der Waals surface area contributed by atoms with Crippen LogP contribution in [-0.2, 0) is 0 Å². The fourth-order valence-electron chi connectivity index (χ4n) is 2.54. The number of nitrogens with zero attached hydrogens (tertiary/aromatic N) is 2. The molecule has 6 heteroatoms. The molecule has 3 unspecified atom stereocenters. The summed E-state index contributed by atoms with van der Waals surface area (Å²) in [6.45, 7) is 18.1. The molecule has 0 spiro atoms. The zero-order valence-corrected chi connectivity index (χ0v) is 15.2. The van der Waals surface area contributed by atoms with E-state index in [0.29, 0.717) is 0 Å². The first-order valence-corrected chi connectivity index (χ1v) is 11.9. The zero-order valence-electron chi connectivity index (χ0n) is 12.6. The molecular weight excluding hydrogens is 279 g/mol. The van der Waals surface area contributed by atoms with E-state index in [1.165, 1.54) is 25.0 Å². The first kappa shape index (κ1) is 17.0. The number of rotatable bonds is 6. The van der Waals surface area contributed by atoms with Crippen LogP contribution in [0.15, 0.2) is 12.4 Å².